The third-order valence-corrected chi connectivity index (χ3v) is 4.27. The molecule has 8 heteroatoms. The molecule has 1 aromatic rings. The molecule has 27 heavy (non-hydrogen) atoms. The SMILES string of the molecule is CCNC(=NCC(CCN(C)C)OCC)NCC(O)c1cc(Cl)cc(Cl)c1. The lowest BCUT2D eigenvalue weighted by Crippen LogP contribution is -2.40. The van der Waals surface area contributed by atoms with E-state index in [1.165, 1.54) is 0 Å². The quantitative estimate of drug-likeness (QED) is 0.380. The number of nitrogens with one attached hydrogen (secondary N) is 2. The van der Waals surface area contributed by atoms with Gasteiger partial charge in [-0.05, 0) is 58.1 Å². The monoisotopic (exact) mass is 418 g/mol. The van der Waals surface area contributed by atoms with E-state index < -0.39 is 6.10 Å². The van der Waals surface area contributed by atoms with Gasteiger partial charge in [-0.3, -0.25) is 4.99 Å². The first kappa shape index (κ1) is 24.0. The molecule has 0 saturated heterocycles. The van der Waals surface area contributed by atoms with Crippen LogP contribution in [0.4, 0.5) is 0 Å². The first-order valence-corrected chi connectivity index (χ1v) is 10.0. The maximum Gasteiger partial charge on any atom is 0.191 e. The van der Waals surface area contributed by atoms with Crippen molar-refractivity contribution in [1.82, 2.24) is 15.5 Å². The molecule has 0 aliphatic heterocycles. The predicted octanol–water partition coefficient (Wildman–Crippen LogP) is 2.94. The van der Waals surface area contributed by atoms with Crippen LogP contribution in [-0.2, 0) is 4.74 Å². The minimum absolute atomic E-state index is 0.0597. The molecule has 0 bridgehead atoms. The summed E-state index contributed by atoms with van der Waals surface area (Å²) >= 11 is 12.0. The highest BCUT2D eigenvalue weighted by molar-refractivity contribution is 6.34. The van der Waals surface area contributed by atoms with Gasteiger partial charge < -0.3 is 25.4 Å². The Morgan fingerprint density at radius 1 is 1.19 bits per heavy atom. The van der Waals surface area contributed by atoms with Crippen LogP contribution in [0.15, 0.2) is 23.2 Å². The molecule has 0 aliphatic carbocycles. The van der Waals surface area contributed by atoms with Crippen molar-refractivity contribution >= 4 is 29.2 Å². The summed E-state index contributed by atoms with van der Waals surface area (Å²) in [5.41, 5.74) is 0.661. The number of aliphatic imine (C=N–C) groups is 1. The van der Waals surface area contributed by atoms with Crippen LogP contribution in [0.2, 0.25) is 10.0 Å². The maximum absolute atomic E-state index is 10.4. The Morgan fingerprint density at radius 3 is 2.41 bits per heavy atom. The van der Waals surface area contributed by atoms with Crippen LogP contribution in [0.5, 0.6) is 0 Å². The van der Waals surface area contributed by atoms with Crippen LogP contribution in [0, 0.1) is 0 Å². The van der Waals surface area contributed by atoms with Crippen molar-refractivity contribution in [1.29, 1.82) is 0 Å². The molecular formula is C19H32Cl2N4O2. The molecule has 0 radical (unpaired) electrons. The number of guanidine groups is 1. The van der Waals surface area contributed by atoms with Crippen molar-refractivity contribution < 1.29 is 9.84 Å². The van der Waals surface area contributed by atoms with E-state index in [0.717, 1.165) is 19.5 Å². The zero-order valence-corrected chi connectivity index (χ0v) is 18.1. The molecule has 0 heterocycles. The van der Waals surface area contributed by atoms with Crippen LogP contribution in [0.3, 0.4) is 0 Å². The van der Waals surface area contributed by atoms with Gasteiger partial charge in [0.05, 0.1) is 18.8 Å². The van der Waals surface area contributed by atoms with E-state index in [1.807, 2.05) is 27.9 Å². The van der Waals surface area contributed by atoms with Crippen molar-refractivity contribution in [2.75, 3.05) is 46.9 Å². The zero-order valence-electron chi connectivity index (χ0n) is 16.6. The summed E-state index contributed by atoms with van der Waals surface area (Å²) in [7, 11) is 4.09. The van der Waals surface area contributed by atoms with Crippen molar-refractivity contribution in [3.63, 3.8) is 0 Å². The number of hydrogen-bond donors (Lipinski definition) is 3. The average molecular weight is 419 g/mol. The second-order valence-electron chi connectivity index (χ2n) is 6.49. The minimum Gasteiger partial charge on any atom is -0.387 e. The second-order valence-corrected chi connectivity index (χ2v) is 7.36. The lowest BCUT2D eigenvalue weighted by atomic mass is 10.1. The zero-order chi connectivity index (χ0) is 20.2. The Morgan fingerprint density at radius 2 is 1.85 bits per heavy atom. The Labute approximate surface area is 172 Å². The summed E-state index contributed by atoms with van der Waals surface area (Å²) in [5.74, 6) is 0.638. The number of halogens is 2. The van der Waals surface area contributed by atoms with Gasteiger partial charge in [0, 0.05) is 36.3 Å². The Balaban J connectivity index is 2.66. The molecule has 0 amide bonds. The summed E-state index contributed by atoms with van der Waals surface area (Å²) in [6, 6.07) is 5.05. The molecule has 6 nitrogen and oxygen atoms in total. The number of aliphatic hydroxyl groups excluding tert-OH is 1. The molecule has 1 aromatic carbocycles. The van der Waals surface area contributed by atoms with E-state index in [-0.39, 0.29) is 6.10 Å². The number of aliphatic hydroxyl groups is 1. The summed E-state index contributed by atoms with van der Waals surface area (Å²) in [4.78, 5) is 6.73. The number of ether oxygens (including phenoxy) is 1. The van der Waals surface area contributed by atoms with Gasteiger partial charge in [0.15, 0.2) is 5.96 Å². The van der Waals surface area contributed by atoms with E-state index in [9.17, 15) is 5.11 Å². The molecule has 0 aromatic heterocycles. The van der Waals surface area contributed by atoms with Gasteiger partial charge in [-0.15, -0.1) is 0 Å². The molecule has 0 aliphatic rings. The van der Waals surface area contributed by atoms with E-state index >= 15 is 0 Å². The fraction of sp³-hybridized carbons (Fsp3) is 0.632. The van der Waals surface area contributed by atoms with Gasteiger partial charge in [0.25, 0.3) is 0 Å². The fourth-order valence-electron chi connectivity index (χ4n) is 2.48. The number of nitrogens with zero attached hydrogens (tertiary/aromatic N) is 2. The third kappa shape index (κ3) is 10.2. The van der Waals surface area contributed by atoms with Gasteiger partial charge >= 0.3 is 0 Å². The van der Waals surface area contributed by atoms with Gasteiger partial charge in [-0.25, -0.2) is 0 Å². The van der Waals surface area contributed by atoms with Crippen molar-refractivity contribution in [2.24, 2.45) is 4.99 Å². The Kier molecular flexibility index (Phi) is 11.7. The molecule has 154 valence electrons. The summed E-state index contributed by atoms with van der Waals surface area (Å²) in [5, 5.41) is 17.7. The highest BCUT2D eigenvalue weighted by atomic mass is 35.5. The van der Waals surface area contributed by atoms with Crippen LogP contribution < -0.4 is 10.6 Å². The van der Waals surface area contributed by atoms with Gasteiger partial charge in [-0.2, -0.15) is 0 Å². The van der Waals surface area contributed by atoms with E-state index in [1.54, 1.807) is 18.2 Å². The third-order valence-electron chi connectivity index (χ3n) is 3.83. The largest absolute Gasteiger partial charge is 0.387 e. The van der Waals surface area contributed by atoms with E-state index in [4.69, 9.17) is 27.9 Å². The molecule has 0 spiro atoms. The van der Waals surface area contributed by atoms with Crippen molar-refractivity contribution in [3.05, 3.63) is 33.8 Å². The Hall–Kier alpha value is -1.05. The van der Waals surface area contributed by atoms with E-state index in [0.29, 0.717) is 41.3 Å². The van der Waals surface area contributed by atoms with Gasteiger partial charge in [0.1, 0.15) is 0 Å². The van der Waals surface area contributed by atoms with Crippen LogP contribution in [-0.4, -0.2) is 69.0 Å². The first-order valence-electron chi connectivity index (χ1n) is 9.28. The maximum atomic E-state index is 10.4. The highest BCUT2D eigenvalue weighted by Crippen LogP contribution is 2.23. The standard InChI is InChI=1S/C19H32Cl2N4O2/c1-5-22-19(23-12-17(27-6-2)7-8-25(3)4)24-13-18(26)14-9-15(20)11-16(21)10-14/h9-11,17-18,26H,5-8,12-13H2,1-4H3,(H2,22,23,24). The highest BCUT2D eigenvalue weighted by Gasteiger charge is 2.12. The molecule has 1 rings (SSSR count). The number of benzene rings is 1. The minimum atomic E-state index is -0.749. The molecule has 2 atom stereocenters. The average Bonchev–Trinajstić information content (AvgIpc) is 2.60. The molecule has 3 N–H and O–H groups in total. The normalized spacial score (nSPS) is 14.3. The predicted molar refractivity (Wildman–Crippen MR) is 114 cm³/mol. The van der Waals surface area contributed by atoms with E-state index in [2.05, 4.69) is 20.5 Å². The fourth-order valence-corrected chi connectivity index (χ4v) is 3.02. The van der Waals surface area contributed by atoms with Crippen LogP contribution in [0.25, 0.3) is 0 Å². The lowest BCUT2D eigenvalue weighted by Gasteiger charge is -2.19. The molecule has 2 unspecified atom stereocenters. The Bertz CT molecular complexity index is 565. The van der Waals surface area contributed by atoms with Crippen LogP contribution in [0.1, 0.15) is 31.9 Å². The molecule has 0 saturated carbocycles. The topological polar surface area (TPSA) is 69.1 Å². The lowest BCUT2D eigenvalue weighted by molar-refractivity contribution is 0.0582. The second kappa shape index (κ2) is 13.2. The summed E-state index contributed by atoms with van der Waals surface area (Å²) in [6.45, 7) is 7.15. The van der Waals surface area contributed by atoms with Crippen LogP contribution >= 0.6 is 23.2 Å². The smallest absolute Gasteiger partial charge is 0.191 e. The first-order chi connectivity index (χ1) is 12.8. The summed E-state index contributed by atoms with van der Waals surface area (Å²) in [6.07, 6.45) is 0.221. The molecular weight excluding hydrogens is 387 g/mol. The van der Waals surface area contributed by atoms with Crippen molar-refractivity contribution in [3.8, 4) is 0 Å². The summed E-state index contributed by atoms with van der Waals surface area (Å²) < 4.78 is 5.77. The number of rotatable bonds is 11. The van der Waals surface area contributed by atoms with Gasteiger partial charge in [-0.1, -0.05) is 23.2 Å². The molecule has 0 fully saturated rings. The van der Waals surface area contributed by atoms with Crippen molar-refractivity contribution in [2.45, 2.75) is 32.5 Å². The number of hydrogen-bond acceptors (Lipinski definition) is 4. The van der Waals surface area contributed by atoms with Gasteiger partial charge in [0.2, 0.25) is 0 Å².